The van der Waals surface area contributed by atoms with Gasteiger partial charge in [0, 0.05) is 31.6 Å². The van der Waals surface area contributed by atoms with Gasteiger partial charge < -0.3 is 4.74 Å². The highest BCUT2D eigenvalue weighted by molar-refractivity contribution is 7.89. The average Bonchev–Trinajstić information content (AvgIpc) is 3.26. The molecule has 1 aliphatic rings. The molecule has 0 radical (unpaired) electrons. The topological polar surface area (TPSA) is 91.6 Å². The Kier molecular flexibility index (Phi) is 6.18. The highest BCUT2D eigenvalue weighted by Crippen LogP contribution is 2.23. The van der Waals surface area contributed by atoms with Crippen molar-refractivity contribution in [2.24, 2.45) is 0 Å². The monoisotopic (exact) mass is 403 g/mol. The van der Waals surface area contributed by atoms with Crippen molar-refractivity contribution in [2.45, 2.75) is 23.9 Å². The summed E-state index contributed by atoms with van der Waals surface area (Å²) < 4.78 is 33.3. The molecule has 1 N–H and O–H groups in total. The number of aromatic nitrogens is 1. The molecule has 1 aromatic heterocycles. The van der Waals surface area contributed by atoms with Crippen LogP contribution in [0.25, 0.3) is 0 Å². The van der Waals surface area contributed by atoms with Crippen molar-refractivity contribution >= 4 is 28.5 Å². The van der Waals surface area contributed by atoms with Crippen LogP contribution in [0.1, 0.15) is 12.0 Å². The number of nitrogens with one attached hydrogen (secondary N) is 1. The largest absolute Gasteiger partial charge is 0.495 e. The lowest BCUT2D eigenvalue weighted by atomic mass is 10.3. The van der Waals surface area contributed by atoms with E-state index in [1.54, 1.807) is 37.6 Å². The van der Waals surface area contributed by atoms with Crippen LogP contribution in [0, 0.1) is 0 Å². The first kappa shape index (κ1) is 20.1. The number of benzene rings is 1. The highest BCUT2D eigenvalue weighted by atomic mass is 32.2. The Morgan fingerprint density at radius 1 is 1.36 bits per heavy atom. The van der Waals surface area contributed by atoms with E-state index in [-0.39, 0.29) is 10.9 Å². The van der Waals surface area contributed by atoms with E-state index in [1.165, 1.54) is 21.0 Å². The Balaban J connectivity index is 1.65. The van der Waals surface area contributed by atoms with Gasteiger partial charge in [0.15, 0.2) is 0 Å². The van der Waals surface area contributed by atoms with Gasteiger partial charge in [0.05, 0.1) is 24.3 Å². The molecule has 0 saturated carbocycles. The lowest BCUT2D eigenvalue weighted by molar-refractivity contribution is -0.323. The molecule has 1 aromatic carbocycles. The van der Waals surface area contributed by atoms with Crippen LogP contribution in [-0.4, -0.2) is 61.3 Å². The lowest BCUT2D eigenvalue weighted by Crippen LogP contribution is -2.37. The zero-order valence-corrected chi connectivity index (χ0v) is 16.4. The van der Waals surface area contributed by atoms with Crippen molar-refractivity contribution in [1.29, 1.82) is 0 Å². The quantitative estimate of drug-likeness (QED) is 0.586. The Bertz CT molecular complexity index is 940. The van der Waals surface area contributed by atoms with Crippen LogP contribution < -0.4 is 5.32 Å². The number of hydrogen-bond acceptors (Lipinski definition) is 5. The maximum Gasteiger partial charge on any atom is 0.495 e. The maximum absolute atomic E-state index is 12.7. The van der Waals surface area contributed by atoms with Gasteiger partial charge in [-0.15, -0.1) is 0 Å². The van der Waals surface area contributed by atoms with Crippen molar-refractivity contribution in [3.05, 3.63) is 54.4 Å². The van der Waals surface area contributed by atoms with Gasteiger partial charge in [0.25, 0.3) is 0 Å². The summed E-state index contributed by atoms with van der Waals surface area (Å²) in [7, 11) is -2.07. The number of rotatable bonds is 6. The zero-order chi connectivity index (χ0) is 20.1. The first-order chi connectivity index (χ1) is 13.4. The fraction of sp³-hybridized carbons (Fsp3) is 0.316. The van der Waals surface area contributed by atoms with Gasteiger partial charge >= 0.3 is 6.03 Å². The molecular formula is C19H23N4O4S+. The minimum absolute atomic E-state index is 0.160. The molecule has 2 aromatic rings. The molecule has 9 heteroatoms. The van der Waals surface area contributed by atoms with Crippen molar-refractivity contribution in [3.8, 4) is 0 Å². The number of pyridine rings is 1. The molecule has 1 atom stereocenters. The van der Waals surface area contributed by atoms with Gasteiger partial charge in [-0.2, -0.15) is 13.7 Å². The fourth-order valence-electron chi connectivity index (χ4n) is 2.86. The molecule has 1 saturated heterocycles. The van der Waals surface area contributed by atoms with E-state index in [4.69, 9.17) is 4.74 Å². The number of ether oxygens (including phenoxy) is 1. The number of nitrogens with zero attached hydrogens (tertiary/aromatic N) is 3. The van der Waals surface area contributed by atoms with Gasteiger partial charge in [-0.05, 0) is 36.8 Å². The number of likely N-dealkylation sites (N-methyl/N-ethyl adjacent to an activating group) is 1. The Morgan fingerprint density at radius 2 is 2.11 bits per heavy atom. The predicted octanol–water partition coefficient (Wildman–Crippen LogP) is 1.75. The van der Waals surface area contributed by atoms with Gasteiger partial charge in [-0.25, -0.2) is 13.7 Å². The smallest absolute Gasteiger partial charge is 0.380 e. The number of carbonyl (C=O) groups excluding carboxylic acids is 1. The number of hydrogen-bond donors (Lipinski definition) is 1. The summed E-state index contributed by atoms with van der Waals surface area (Å²) in [5.41, 5.74) is 1.35. The summed E-state index contributed by atoms with van der Waals surface area (Å²) >= 11 is 0. The van der Waals surface area contributed by atoms with E-state index in [1.807, 2.05) is 6.07 Å². The molecule has 148 valence electrons. The van der Waals surface area contributed by atoms with E-state index < -0.39 is 16.1 Å². The van der Waals surface area contributed by atoms with Crippen LogP contribution in [-0.2, 0) is 21.3 Å². The Morgan fingerprint density at radius 3 is 2.71 bits per heavy atom. The van der Waals surface area contributed by atoms with Crippen LogP contribution in [0.4, 0.5) is 10.5 Å². The van der Waals surface area contributed by atoms with Crippen molar-refractivity contribution in [3.63, 3.8) is 0 Å². The second-order valence-electron chi connectivity index (χ2n) is 6.48. The minimum Gasteiger partial charge on any atom is -0.380 e. The second-order valence-corrected chi connectivity index (χ2v) is 8.48. The number of carbonyl (C=O) groups is 1. The van der Waals surface area contributed by atoms with Crippen LogP contribution in [0.15, 0.2) is 53.7 Å². The molecule has 2 heterocycles. The van der Waals surface area contributed by atoms with Crippen LogP contribution in [0.5, 0.6) is 0 Å². The standard InChI is InChI=1S/C19H22N4O4S/c1-22(19(24)21-13-15-4-3-10-20-12-15)16-5-7-18(8-6-16)28(25,26)23(2)17-9-11-27-14-17/h3-8,10,12,17H,1,9,11,13-14H2,2H3/p+1. The van der Waals surface area contributed by atoms with Gasteiger partial charge in [-0.3, -0.25) is 4.98 Å². The van der Waals surface area contributed by atoms with E-state index in [0.29, 0.717) is 31.9 Å². The lowest BCUT2D eigenvalue weighted by Gasteiger charge is -2.22. The SMILES string of the molecule is C=[N+](C(=O)NCc1cccnc1)c1ccc(S(=O)(=O)N(C)C2CCOC2)cc1. The third-order valence-electron chi connectivity index (χ3n) is 4.66. The molecule has 3 rings (SSSR count). The number of amides is 2. The van der Waals surface area contributed by atoms with Gasteiger partial charge in [-0.1, -0.05) is 6.07 Å². The summed E-state index contributed by atoms with van der Waals surface area (Å²) in [4.78, 5) is 16.4. The normalized spacial score (nSPS) is 16.9. The summed E-state index contributed by atoms with van der Waals surface area (Å²) in [6, 6.07) is 9.15. The molecule has 1 unspecified atom stereocenters. The average molecular weight is 403 g/mol. The van der Waals surface area contributed by atoms with Gasteiger partial charge in [0.2, 0.25) is 10.0 Å². The number of sulfonamides is 1. The first-order valence-electron chi connectivity index (χ1n) is 8.83. The minimum atomic E-state index is -3.62. The summed E-state index contributed by atoms with van der Waals surface area (Å²) in [5, 5.41) is 2.74. The molecule has 1 aliphatic heterocycles. The van der Waals surface area contributed by atoms with E-state index >= 15 is 0 Å². The molecule has 0 spiro atoms. The summed E-state index contributed by atoms with van der Waals surface area (Å²) in [6.07, 6.45) is 4.00. The second kappa shape index (κ2) is 8.59. The van der Waals surface area contributed by atoms with Crippen molar-refractivity contribution in [2.75, 3.05) is 20.3 Å². The molecule has 1 fully saturated rings. The Hall–Kier alpha value is -2.62. The highest BCUT2D eigenvalue weighted by Gasteiger charge is 2.30. The van der Waals surface area contributed by atoms with Crippen molar-refractivity contribution < 1.29 is 22.5 Å². The fourth-order valence-corrected chi connectivity index (χ4v) is 4.23. The Labute approximate surface area is 164 Å². The summed E-state index contributed by atoms with van der Waals surface area (Å²) in [5.74, 6) is 0. The first-order valence-corrected chi connectivity index (χ1v) is 10.3. The molecular weight excluding hydrogens is 380 g/mol. The van der Waals surface area contributed by atoms with E-state index in [9.17, 15) is 13.2 Å². The van der Waals surface area contributed by atoms with Gasteiger partial charge in [0.1, 0.15) is 12.2 Å². The maximum atomic E-state index is 12.7. The van der Waals surface area contributed by atoms with Crippen LogP contribution in [0.2, 0.25) is 0 Å². The zero-order valence-electron chi connectivity index (χ0n) is 15.6. The van der Waals surface area contributed by atoms with E-state index in [0.717, 1.165) is 5.56 Å². The third kappa shape index (κ3) is 4.44. The molecule has 28 heavy (non-hydrogen) atoms. The number of urea groups is 1. The van der Waals surface area contributed by atoms with Crippen LogP contribution >= 0.6 is 0 Å². The molecule has 2 amide bonds. The van der Waals surface area contributed by atoms with Crippen molar-refractivity contribution in [1.82, 2.24) is 14.6 Å². The predicted molar refractivity (Wildman–Crippen MR) is 104 cm³/mol. The molecule has 0 aliphatic carbocycles. The third-order valence-corrected chi connectivity index (χ3v) is 6.58. The molecule has 8 nitrogen and oxygen atoms in total. The van der Waals surface area contributed by atoms with E-state index in [2.05, 4.69) is 17.0 Å². The molecule has 0 bridgehead atoms. The van der Waals surface area contributed by atoms with Crippen LogP contribution in [0.3, 0.4) is 0 Å². The summed E-state index contributed by atoms with van der Waals surface area (Å²) in [6.45, 7) is 5.02.